The Morgan fingerprint density at radius 2 is 2.32 bits per heavy atom. The zero-order valence-electron chi connectivity index (χ0n) is 12.3. The molecule has 6 nitrogen and oxygen atoms in total. The summed E-state index contributed by atoms with van der Waals surface area (Å²) in [6.45, 7) is 2.62. The molecule has 0 fully saturated rings. The summed E-state index contributed by atoms with van der Waals surface area (Å²) in [6, 6.07) is 5.93. The van der Waals surface area contributed by atoms with Crippen molar-refractivity contribution in [2.45, 2.75) is 13.5 Å². The molecule has 0 unspecified atom stereocenters. The van der Waals surface area contributed by atoms with Crippen LogP contribution >= 0.6 is 0 Å². The van der Waals surface area contributed by atoms with Crippen molar-refractivity contribution in [3.8, 4) is 5.69 Å². The van der Waals surface area contributed by atoms with Gasteiger partial charge in [0.1, 0.15) is 11.4 Å². The number of carbonyl (C=O) groups excluding carboxylic acids is 1. The third kappa shape index (κ3) is 3.69. The predicted octanol–water partition coefficient (Wildman–Crippen LogP) is 1.27. The van der Waals surface area contributed by atoms with E-state index in [1.807, 2.05) is 0 Å². The van der Waals surface area contributed by atoms with Crippen LogP contribution < -0.4 is 5.32 Å². The number of aliphatic hydroxyl groups is 1. The number of aliphatic hydroxyl groups excluding tert-OH is 1. The van der Waals surface area contributed by atoms with E-state index in [0.29, 0.717) is 30.0 Å². The summed E-state index contributed by atoms with van der Waals surface area (Å²) in [5.41, 5.74) is 1.38. The smallest absolute Gasteiger partial charge is 0.341 e. The van der Waals surface area contributed by atoms with Crippen molar-refractivity contribution >= 4 is 5.97 Å². The molecular weight excluding hydrogens is 289 g/mol. The largest absolute Gasteiger partial charge is 0.462 e. The van der Waals surface area contributed by atoms with Crippen LogP contribution in [0.3, 0.4) is 0 Å². The van der Waals surface area contributed by atoms with Crippen molar-refractivity contribution in [2.75, 3.05) is 19.8 Å². The van der Waals surface area contributed by atoms with Gasteiger partial charge in [0.05, 0.1) is 30.8 Å². The third-order valence-electron chi connectivity index (χ3n) is 3.00. The van der Waals surface area contributed by atoms with E-state index in [1.165, 1.54) is 23.0 Å². The first kappa shape index (κ1) is 16.1. The van der Waals surface area contributed by atoms with Gasteiger partial charge in [0, 0.05) is 13.1 Å². The SMILES string of the molecule is CCOC(=O)c1cnn(-c2cccc(F)c2)c1CNCCO. The number of aromatic nitrogens is 2. The minimum absolute atomic E-state index is 0.0250. The van der Waals surface area contributed by atoms with Crippen molar-refractivity contribution in [3.05, 3.63) is 47.5 Å². The fraction of sp³-hybridized carbons (Fsp3) is 0.333. The van der Waals surface area contributed by atoms with Gasteiger partial charge in [0.2, 0.25) is 0 Å². The Morgan fingerprint density at radius 1 is 1.50 bits per heavy atom. The number of esters is 1. The second-order valence-corrected chi connectivity index (χ2v) is 4.52. The molecule has 22 heavy (non-hydrogen) atoms. The quantitative estimate of drug-likeness (QED) is 0.595. The summed E-state index contributed by atoms with van der Waals surface area (Å²) in [4.78, 5) is 12.0. The lowest BCUT2D eigenvalue weighted by atomic mass is 10.2. The number of rotatable bonds is 7. The number of benzene rings is 1. The lowest BCUT2D eigenvalue weighted by molar-refractivity contribution is 0.0525. The highest BCUT2D eigenvalue weighted by Gasteiger charge is 2.19. The minimum atomic E-state index is -0.481. The second kappa shape index (κ2) is 7.67. The molecule has 1 heterocycles. The molecule has 0 saturated heterocycles. The minimum Gasteiger partial charge on any atom is -0.462 e. The molecule has 118 valence electrons. The van der Waals surface area contributed by atoms with Gasteiger partial charge in [-0.25, -0.2) is 13.9 Å². The van der Waals surface area contributed by atoms with Gasteiger partial charge in [-0.1, -0.05) is 6.07 Å². The summed E-state index contributed by atoms with van der Waals surface area (Å²) in [6.07, 6.45) is 1.40. The molecule has 0 bridgehead atoms. The number of halogens is 1. The van der Waals surface area contributed by atoms with E-state index < -0.39 is 5.97 Å². The molecule has 2 rings (SSSR count). The molecule has 7 heteroatoms. The number of nitrogens with one attached hydrogen (secondary N) is 1. The molecule has 0 spiro atoms. The highest BCUT2D eigenvalue weighted by molar-refractivity contribution is 5.90. The van der Waals surface area contributed by atoms with E-state index in [1.54, 1.807) is 19.1 Å². The molecule has 0 amide bonds. The fourth-order valence-corrected chi connectivity index (χ4v) is 2.04. The van der Waals surface area contributed by atoms with Gasteiger partial charge >= 0.3 is 5.97 Å². The summed E-state index contributed by atoms with van der Waals surface area (Å²) >= 11 is 0. The van der Waals surface area contributed by atoms with Crippen molar-refractivity contribution in [2.24, 2.45) is 0 Å². The Hall–Kier alpha value is -2.25. The Bertz CT molecular complexity index is 643. The maximum Gasteiger partial charge on any atom is 0.341 e. The van der Waals surface area contributed by atoms with Crippen LogP contribution in [0.2, 0.25) is 0 Å². The van der Waals surface area contributed by atoms with Crippen LogP contribution in [0.15, 0.2) is 30.5 Å². The molecule has 0 aliphatic rings. The van der Waals surface area contributed by atoms with Gasteiger partial charge in [-0.3, -0.25) is 0 Å². The van der Waals surface area contributed by atoms with Crippen LogP contribution in [0, 0.1) is 5.82 Å². The highest BCUT2D eigenvalue weighted by atomic mass is 19.1. The molecule has 1 aromatic heterocycles. The Balaban J connectivity index is 2.38. The maximum atomic E-state index is 13.4. The maximum absolute atomic E-state index is 13.4. The van der Waals surface area contributed by atoms with Crippen LogP contribution in [0.4, 0.5) is 4.39 Å². The standard InChI is InChI=1S/C15H18FN3O3/c1-2-22-15(21)13-9-18-19(14(13)10-17-6-7-20)12-5-3-4-11(16)8-12/h3-5,8-9,17,20H,2,6-7,10H2,1H3. The lowest BCUT2D eigenvalue weighted by Gasteiger charge is -2.10. The average molecular weight is 307 g/mol. The van der Waals surface area contributed by atoms with Gasteiger partial charge in [-0.15, -0.1) is 0 Å². The molecule has 0 aliphatic heterocycles. The zero-order valence-corrected chi connectivity index (χ0v) is 12.3. The van der Waals surface area contributed by atoms with E-state index in [9.17, 15) is 9.18 Å². The van der Waals surface area contributed by atoms with Crippen molar-refractivity contribution in [1.82, 2.24) is 15.1 Å². The lowest BCUT2D eigenvalue weighted by Crippen LogP contribution is -2.21. The molecule has 0 atom stereocenters. The van der Waals surface area contributed by atoms with Gasteiger partial charge in [0.25, 0.3) is 0 Å². The molecule has 1 aromatic carbocycles. The fourth-order valence-electron chi connectivity index (χ4n) is 2.04. The number of hydrogen-bond donors (Lipinski definition) is 2. The molecule has 0 aliphatic carbocycles. The summed E-state index contributed by atoms with van der Waals surface area (Å²) < 4.78 is 19.9. The van der Waals surface area contributed by atoms with Crippen molar-refractivity contribution in [3.63, 3.8) is 0 Å². The van der Waals surface area contributed by atoms with Crippen LogP contribution in [-0.2, 0) is 11.3 Å². The van der Waals surface area contributed by atoms with E-state index in [0.717, 1.165) is 0 Å². The normalized spacial score (nSPS) is 10.7. The number of hydrogen-bond acceptors (Lipinski definition) is 5. The zero-order chi connectivity index (χ0) is 15.9. The van der Waals surface area contributed by atoms with Gasteiger partial charge < -0.3 is 15.2 Å². The van der Waals surface area contributed by atoms with Crippen molar-refractivity contribution < 1.29 is 19.0 Å². The van der Waals surface area contributed by atoms with Gasteiger partial charge in [-0.05, 0) is 25.1 Å². The Kier molecular flexibility index (Phi) is 5.62. The summed E-state index contributed by atoms with van der Waals surface area (Å²) in [5, 5.41) is 16.0. The summed E-state index contributed by atoms with van der Waals surface area (Å²) in [7, 11) is 0. The van der Waals surface area contributed by atoms with E-state index in [2.05, 4.69) is 10.4 Å². The molecular formula is C15H18FN3O3. The van der Waals surface area contributed by atoms with Crippen LogP contribution in [-0.4, -0.2) is 40.6 Å². The van der Waals surface area contributed by atoms with E-state index >= 15 is 0 Å². The number of carbonyl (C=O) groups is 1. The first-order valence-corrected chi connectivity index (χ1v) is 6.99. The topological polar surface area (TPSA) is 76.4 Å². The average Bonchev–Trinajstić information content (AvgIpc) is 2.92. The van der Waals surface area contributed by atoms with Crippen LogP contribution in [0.5, 0.6) is 0 Å². The molecule has 0 radical (unpaired) electrons. The van der Waals surface area contributed by atoms with Crippen LogP contribution in [0.25, 0.3) is 5.69 Å². The first-order chi connectivity index (χ1) is 10.7. The Morgan fingerprint density at radius 3 is 3.00 bits per heavy atom. The van der Waals surface area contributed by atoms with E-state index in [-0.39, 0.29) is 19.0 Å². The highest BCUT2D eigenvalue weighted by Crippen LogP contribution is 2.17. The number of ether oxygens (including phenoxy) is 1. The van der Waals surface area contributed by atoms with Crippen molar-refractivity contribution in [1.29, 1.82) is 0 Å². The van der Waals surface area contributed by atoms with Gasteiger partial charge in [-0.2, -0.15) is 5.10 Å². The molecule has 2 N–H and O–H groups in total. The molecule has 0 saturated carbocycles. The van der Waals surface area contributed by atoms with Gasteiger partial charge in [0.15, 0.2) is 0 Å². The first-order valence-electron chi connectivity index (χ1n) is 6.99. The van der Waals surface area contributed by atoms with Crippen LogP contribution in [0.1, 0.15) is 23.0 Å². The number of nitrogens with zero attached hydrogens (tertiary/aromatic N) is 2. The summed E-state index contributed by atoms with van der Waals surface area (Å²) in [5.74, 6) is -0.870. The molecule has 2 aromatic rings. The predicted molar refractivity (Wildman–Crippen MR) is 78.3 cm³/mol. The third-order valence-corrected chi connectivity index (χ3v) is 3.00. The monoisotopic (exact) mass is 307 g/mol. The Labute approximate surface area is 127 Å². The second-order valence-electron chi connectivity index (χ2n) is 4.52. The van der Waals surface area contributed by atoms with E-state index in [4.69, 9.17) is 9.84 Å².